The summed E-state index contributed by atoms with van der Waals surface area (Å²) in [6, 6.07) is 0.387. The molecule has 0 saturated carbocycles. The smallest absolute Gasteiger partial charge is 0.327 e. The van der Waals surface area contributed by atoms with Crippen molar-refractivity contribution in [2.75, 3.05) is 14.2 Å². The van der Waals surface area contributed by atoms with Gasteiger partial charge in [0, 0.05) is 0 Å². The predicted molar refractivity (Wildman–Crippen MR) is 78.5 cm³/mol. The van der Waals surface area contributed by atoms with Crippen molar-refractivity contribution in [1.29, 1.82) is 0 Å². The molecule has 0 aliphatic carbocycles. The Hall–Kier alpha value is -2.35. The van der Waals surface area contributed by atoms with Crippen molar-refractivity contribution in [2.45, 2.75) is 26.4 Å². The Kier molecular flexibility index (Phi) is 5.28. The Balaban J connectivity index is 2.36. The lowest BCUT2D eigenvalue weighted by Gasteiger charge is -2.25. The molecule has 0 amide bonds. The molecule has 2 rings (SSSR count). The standard InChI is InChI=1S/C16H17F3N2O3/c1-8-9(2)24-13(20-8)7-21(3)15(16(22)23-4)10-5-11(17)14(19)12(18)6-10/h5-6,15H,7H2,1-4H3. The van der Waals surface area contributed by atoms with Gasteiger partial charge in [0.05, 0.1) is 19.3 Å². The second-order valence-corrected chi connectivity index (χ2v) is 5.39. The van der Waals surface area contributed by atoms with Gasteiger partial charge in [0.1, 0.15) is 11.8 Å². The van der Waals surface area contributed by atoms with Gasteiger partial charge in [-0.3, -0.25) is 4.90 Å². The number of aromatic nitrogens is 1. The first kappa shape index (κ1) is 18.0. The first-order valence-electron chi connectivity index (χ1n) is 7.10. The molecule has 24 heavy (non-hydrogen) atoms. The number of carbonyl (C=O) groups is 1. The van der Waals surface area contributed by atoms with Gasteiger partial charge < -0.3 is 9.15 Å². The lowest BCUT2D eigenvalue weighted by atomic mass is 10.0. The minimum Gasteiger partial charge on any atom is -0.468 e. The van der Waals surface area contributed by atoms with Gasteiger partial charge in [-0.15, -0.1) is 0 Å². The first-order valence-corrected chi connectivity index (χ1v) is 7.10. The third kappa shape index (κ3) is 3.59. The van der Waals surface area contributed by atoms with Crippen molar-refractivity contribution in [3.8, 4) is 0 Å². The summed E-state index contributed by atoms with van der Waals surface area (Å²) in [4.78, 5) is 17.7. The fraction of sp³-hybridized carbons (Fsp3) is 0.375. The van der Waals surface area contributed by atoms with E-state index in [9.17, 15) is 18.0 Å². The van der Waals surface area contributed by atoms with E-state index in [4.69, 9.17) is 9.15 Å². The summed E-state index contributed by atoms with van der Waals surface area (Å²) in [6.07, 6.45) is 0. The van der Waals surface area contributed by atoms with Gasteiger partial charge in [0.2, 0.25) is 5.89 Å². The molecule has 0 bridgehead atoms. The minimum atomic E-state index is -1.59. The fourth-order valence-electron chi connectivity index (χ4n) is 2.33. The van der Waals surface area contributed by atoms with Crippen molar-refractivity contribution in [3.05, 3.63) is 52.5 Å². The van der Waals surface area contributed by atoms with Gasteiger partial charge in [-0.1, -0.05) is 0 Å². The monoisotopic (exact) mass is 342 g/mol. The lowest BCUT2D eigenvalue weighted by Crippen LogP contribution is -2.32. The summed E-state index contributed by atoms with van der Waals surface area (Å²) in [5, 5.41) is 0. The van der Waals surface area contributed by atoms with E-state index in [0.717, 1.165) is 19.2 Å². The molecule has 0 aliphatic rings. The SMILES string of the molecule is COC(=O)C(c1cc(F)c(F)c(F)c1)N(C)Cc1nc(C)c(C)o1. The number of carbonyl (C=O) groups excluding carboxylic acids is 1. The average Bonchev–Trinajstić information content (AvgIpc) is 2.82. The molecule has 0 saturated heterocycles. The molecular weight excluding hydrogens is 325 g/mol. The molecule has 1 heterocycles. The maximum atomic E-state index is 13.5. The van der Waals surface area contributed by atoms with Crippen LogP contribution < -0.4 is 0 Å². The molecular formula is C16H17F3N2O3. The van der Waals surface area contributed by atoms with Crippen LogP contribution in [0, 0.1) is 31.3 Å². The van der Waals surface area contributed by atoms with Gasteiger partial charge in [0.25, 0.3) is 0 Å². The number of methoxy groups -OCH3 is 1. The molecule has 0 radical (unpaired) electrons. The van der Waals surface area contributed by atoms with E-state index >= 15 is 0 Å². The molecule has 0 aliphatic heterocycles. The summed E-state index contributed by atoms with van der Waals surface area (Å²) >= 11 is 0. The average molecular weight is 342 g/mol. The Morgan fingerprint density at radius 3 is 2.33 bits per heavy atom. The molecule has 1 aromatic heterocycles. The molecule has 0 spiro atoms. The topological polar surface area (TPSA) is 55.6 Å². The third-order valence-electron chi connectivity index (χ3n) is 3.64. The number of rotatable bonds is 5. The van der Waals surface area contributed by atoms with Gasteiger partial charge in [-0.05, 0) is 38.6 Å². The number of oxazole rings is 1. The molecule has 0 fully saturated rings. The minimum absolute atomic E-state index is 0.0687. The van der Waals surface area contributed by atoms with Crippen molar-refractivity contribution < 1.29 is 27.1 Å². The molecule has 2 aromatic rings. The highest BCUT2D eigenvalue weighted by atomic mass is 19.2. The second-order valence-electron chi connectivity index (χ2n) is 5.39. The van der Waals surface area contributed by atoms with Crippen molar-refractivity contribution in [3.63, 3.8) is 0 Å². The van der Waals surface area contributed by atoms with Crippen LogP contribution in [-0.4, -0.2) is 30.0 Å². The third-order valence-corrected chi connectivity index (χ3v) is 3.64. The molecule has 1 unspecified atom stereocenters. The van der Waals surface area contributed by atoms with E-state index in [1.165, 1.54) is 11.9 Å². The van der Waals surface area contributed by atoms with E-state index < -0.39 is 29.5 Å². The van der Waals surface area contributed by atoms with Crippen LogP contribution in [-0.2, 0) is 16.1 Å². The lowest BCUT2D eigenvalue weighted by molar-refractivity contribution is -0.147. The second kappa shape index (κ2) is 7.04. The largest absolute Gasteiger partial charge is 0.468 e. The van der Waals surface area contributed by atoms with Gasteiger partial charge in [0.15, 0.2) is 17.5 Å². The maximum Gasteiger partial charge on any atom is 0.327 e. The highest BCUT2D eigenvalue weighted by Crippen LogP contribution is 2.26. The van der Waals surface area contributed by atoms with Crippen molar-refractivity contribution in [1.82, 2.24) is 9.88 Å². The summed E-state index contributed by atoms with van der Waals surface area (Å²) < 4.78 is 50.3. The Labute approximate surface area is 137 Å². The molecule has 1 aromatic carbocycles. The van der Waals surface area contributed by atoms with Gasteiger partial charge in [-0.25, -0.2) is 22.9 Å². The number of likely N-dealkylation sites (N-methyl/N-ethyl adjacent to an activating group) is 1. The maximum absolute atomic E-state index is 13.5. The molecule has 8 heteroatoms. The zero-order valence-corrected chi connectivity index (χ0v) is 13.7. The number of esters is 1. The molecule has 1 atom stereocenters. The summed E-state index contributed by atoms with van der Waals surface area (Å²) in [5.74, 6) is -4.13. The summed E-state index contributed by atoms with van der Waals surface area (Å²) in [5.41, 5.74) is 0.632. The number of halogens is 3. The Morgan fingerprint density at radius 2 is 1.88 bits per heavy atom. The van der Waals surface area contributed by atoms with Crippen LogP contribution in [0.1, 0.15) is 29.0 Å². The van der Waals surface area contributed by atoms with Crippen LogP contribution in [0.5, 0.6) is 0 Å². The van der Waals surface area contributed by atoms with Gasteiger partial charge in [-0.2, -0.15) is 0 Å². The Morgan fingerprint density at radius 1 is 1.29 bits per heavy atom. The number of ether oxygens (including phenoxy) is 1. The van der Waals surface area contributed by atoms with Crippen LogP contribution in [0.2, 0.25) is 0 Å². The zero-order chi connectivity index (χ0) is 18.0. The number of hydrogen-bond donors (Lipinski definition) is 0. The van der Waals surface area contributed by atoms with Crippen LogP contribution in [0.3, 0.4) is 0 Å². The Bertz CT molecular complexity index is 719. The van der Waals surface area contributed by atoms with E-state index in [2.05, 4.69) is 4.98 Å². The zero-order valence-electron chi connectivity index (χ0n) is 13.7. The molecule has 5 nitrogen and oxygen atoms in total. The van der Waals surface area contributed by atoms with Crippen LogP contribution in [0.15, 0.2) is 16.5 Å². The van der Waals surface area contributed by atoms with Crippen LogP contribution in [0.4, 0.5) is 13.2 Å². The van der Waals surface area contributed by atoms with Crippen molar-refractivity contribution >= 4 is 5.97 Å². The first-order chi connectivity index (χ1) is 11.2. The van der Waals surface area contributed by atoms with E-state index in [1.807, 2.05) is 0 Å². The van der Waals surface area contributed by atoms with Crippen molar-refractivity contribution in [2.24, 2.45) is 0 Å². The van der Waals surface area contributed by atoms with E-state index in [-0.39, 0.29) is 12.1 Å². The summed E-state index contributed by atoms with van der Waals surface area (Å²) in [6.45, 7) is 3.61. The quantitative estimate of drug-likeness (QED) is 0.617. The number of benzene rings is 1. The van der Waals surface area contributed by atoms with Gasteiger partial charge >= 0.3 is 5.97 Å². The fourth-order valence-corrected chi connectivity index (χ4v) is 2.33. The highest BCUT2D eigenvalue weighted by molar-refractivity contribution is 5.77. The van der Waals surface area contributed by atoms with E-state index in [1.54, 1.807) is 13.8 Å². The van der Waals surface area contributed by atoms with E-state index in [0.29, 0.717) is 17.3 Å². The van der Waals surface area contributed by atoms with Crippen LogP contribution >= 0.6 is 0 Å². The van der Waals surface area contributed by atoms with Crippen LogP contribution in [0.25, 0.3) is 0 Å². The molecule has 0 N–H and O–H groups in total. The number of nitrogens with zero attached hydrogens (tertiary/aromatic N) is 2. The summed E-state index contributed by atoms with van der Waals surface area (Å²) in [7, 11) is 2.69. The molecule has 130 valence electrons. The predicted octanol–water partition coefficient (Wildman–Crippen LogP) is 3.05. The number of aryl methyl sites for hydroxylation is 2. The number of hydrogen-bond acceptors (Lipinski definition) is 5. The normalized spacial score (nSPS) is 12.5. The highest BCUT2D eigenvalue weighted by Gasteiger charge is 2.29.